The average Bonchev–Trinajstić information content (AvgIpc) is 3.36. The number of nitrogens with zero attached hydrogens (tertiary/aromatic N) is 3. The number of oxime groups is 2. The maximum absolute atomic E-state index is 5.70. The van der Waals surface area contributed by atoms with E-state index in [4.69, 9.17) is 14.7 Å². The third kappa shape index (κ3) is 4.75. The molecule has 1 atom stereocenters. The largest absolute Gasteiger partial charge is 0.399 e. The van der Waals surface area contributed by atoms with Gasteiger partial charge in [-0.05, 0) is 12.8 Å². The fraction of sp³-hybridized carbons (Fsp3) is 0.476. The molecule has 0 N–H and O–H groups in total. The molecule has 2 aromatic rings. The van der Waals surface area contributed by atoms with E-state index in [0.717, 1.165) is 22.7 Å². The quantitative estimate of drug-likeness (QED) is 0.431. The molecule has 0 fully saturated rings. The highest BCUT2D eigenvalue weighted by Gasteiger charge is 2.30. The minimum absolute atomic E-state index is 0.255. The molecule has 5 nitrogen and oxygen atoms in total. The fourth-order valence-electron chi connectivity index (χ4n) is 3.38. The molecule has 1 aliphatic heterocycles. The molecule has 27 heavy (non-hydrogen) atoms. The van der Waals surface area contributed by atoms with Gasteiger partial charge in [-0.15, -0.1) is 11.3 Å². The standard InChI is InChI=1S/C21H27N3O2S/c1-4-9-16(10-5-2)21-22-18(14-27-21)17-13-19(26-23-17)20(24-25-3)15-11-7-6-8-12-15/h6-8,11-12,14,16,19H,4-5,9-10,13H2,1-3H3. The molecule has 0 amide bonds. The Balaban J connectivity index is 1.73. The Kier molecular flexibility index (Phi) is 6.98. The maximum Gasteiger partial charge on any atom is 0.178 e. The molecule has 1 aromatic carbocycles. The summed E-state index contributed by atoms with van der Waals surface area (Å²) >= 11 is 1.74. The Hall–Kier alpha value is -2.21. The van der Waals surface area contributed by atoms with Crippen LogP contribution in [0.1, 0.15) is 68.1 Å². The molecule has 0 saturated heterocycles. The first-order valence-electron chi connectivity index (χ1n) is 9.61. The predicted molar refractivity (Wildman–Crippen MR) is 111 cm³/mol. The molecule has 3 rings (SSSR count). The molecule has 1 unspecified atom stereocenters. The van der Waals surface area contributed by atoms with Crippen LogP contribution >= 0.6 is 11.3 Å². The lowest BCUT2D eigenvalue weighted by Crippen LogP contribution is -2.22. The normalized spacial score (nSPS) is 17.1. The van der Waals surface area contributed by atoms with Gasteiger partial charge < -0.3 is 9.68 Å². The monoisotopic (exact) mass is 385 g/mol. The van der Waals surface area contributed by atoms with Crippen molar-refractivity contribution in [2.24, 2.45) is 10.3 Å². The van der Waals surface area contributed by atoms with E-state index in [0.29, 0.717) is 12.3 Å². The molecule has 6 heteroatoms. The van der Waals surface area contributed by atoms with Crippen molar-refractivity contribution in [1.82, 2.24) is 4.98 Å². The molecule has 0 bridgehead atoms. The average molecular weight is 386 g/mol. The van der Waals surface area contributed by atoms with E-state index in [1.165, 1.54) is 30.7 Å². The number of aromatic nitrogens is 1. The maximum atomic E-state index is 5.70. The highest BCUT2D eigenvalue weighted by molar-refractivity contribution is 7.10. The zero-order chi connectivity index (χ0) is 19.1. The molecule has 0 radical (unpaired) electrons. The molecular weight excluding hydrogens is 358 g/mol. The Labute approximate surface area is 165 Å². The van der Waals surface area contributed by atoms with E-state index in [1.54, 1.807) is 18.4 Å². The highest BCUT2D eigenvalue weighted by Crippen LogP contribution is 2.30. The van der Waals surface area contributed by atoms with Gasteiger partial charge >= 0.3 is 0 Å². The van der Waals surface area contributed by atoms with Gasteiger partial charge in [0.2, 0.25) is 0 Å². The van der Waals surface area contributed by atoms with Gasteiger partial charge in [0.15, 0.2) is 6.10 Å². The number of thiazole rings is 1. The van der Waals surface area contributed by atoms with Crippen molar-refractivity contribution in [2.75, 3.05) is 7.11 Å². The number of rotatable bonds is 9. The van der Waals surface area contributed by atoms with Gasteiger partial charge in [-0.25, -0.2) is 4.98 Å². The van der Waals surface area contributed by atoms with E-state index < -0.39 is 0 Å². The van der Waals surface area contributed by atoms with Crippen molar-refractivity contribution in [3.8, 4) is 0 Å². The molecule has 0 spiro atoms. The first-order valence-corrected chi connectivity index (χ1v) is 10.5. The number of hydrogen-bond donors (Lipinski definition) is 0. The summed E-state index contributed by atoms with van der Waals surface area (Å²) in [5.41, 5.74) is 3.54. The SMILES string of the molecule is CCCC(CCC)c1nc(C2=NOC(C(=NOC)c3ccccc3)C2)cs1. The Morgan fingerprint density at radius 3 is 2.67 bits per heavy atom. The van der Waals surface area contributed by atoms with Crippen molar-refractivity contribution in [3.05, 3.63) is 52.0 Å². The molecule has 2 heterocycles. The summed E-state index contributed by atoms with van der Waals surface area (Å²) in [6.07, 6.45) is 5.12. The summed E-state index contributed by atoms with van der Waals surface area (Å²) < 4.78 is 0. The van der Waals surface area contributed by atoms with Crippen LogP contribution in [0.2, 0.25) is 0 Å². The van der Waals surface area contributed by atoms with Crippen molar-refractivity contribution in [2.45, 2.75) is 58.0 Å². The summed E-state index contributed by atoms with van der Waals surface area (Å²) in [6.45, 7) is 4.47. The minimum atomic E-state index is -0.255. The van der Waals surface area contributed by atoms with Gasteiger partial charge in [0.25, 0.3) is 0 Å². The van der Waals surface area contributed by atoms with E-state index in [9.17, 15) is 0 Å². The van der Waals surface area contributed by atoms with E-state index in [-0.39, 0.29) is 6.10 Å². The third-order valence-electron chi connectivity index (χ3n) is 4.67. The second kappa shape index (κ2) is 9.65. The lowest BCUT2D eigenvalue weighted by atomic mass is 9.99. The van der Waals surface area contributed by atoms with Gasteiger partial charge in [-0.1, -0.05) is 67.3 Å². The van der Waals surface area contributed by atoms with Crippen LogP contribution in [0.4, 0.5) is 0 Å². The van der Waals surface area contributed by atoms with Crippen LogP contribution in [0.3, 0.4) is 0 Å². The second-order valence-corrected chi connectivity index (χ2v) is 7.60. The molecule has 144 valence electrons. The van der Waals surface area contributed by atoms with Gasteiger partial charge in [-0.3, -0.25) is 0 Å². The third-order valence-corrected chi connectivity index (χ3v) is 5.68. The summed E-state index contributed by atoms with van der Waals surface area (Å²) in [5.74, 6) is 0.549. The first-order chi connectivity index (χ1) is 13.3. The number of hydrogen-bond acceptors (Lipinski definition) is 6. The lowest BCUT2D eigenvalue weighted by Gasteiger charge is -2.11. The van der Waals surface area contributed by atoms with Crippen LogP contribution in [0, 0.1) is 0 Å². The lowest BCUT2D eigenvalue weighted by molar-refractivity contribution is 0.126. The van der Waals surface area contributed by atoms with E-state index in [1.807, 2.05) is 30.3 Å². The summed E-state index contributed by atoms with van der Waals surface area (Å²) in [5, 5.41) is 11.8. The smallest absolute Gasteiger partial charge is 0.178 e. The Bertz CT molecular complexity index is 780. The van der Waals surface area contributed by atoms with Crippen molar-refractivity contribution in [3.63, 3.8) is 0 Å². The predicted octanol–water partition coefficient (Wildman–Crippen LogP) is 5.37. The van der Waals surface area contributed by atoms with Crippen LogP contribution in [0.15, 0.2) is 46.0 Å². The summed E-state index contributed by atoms with van der Waals surface area (Å²) in [4.78, 5) is 15.6. The molecule has 1 aromatic heterocycles. The topological polar surface area (TPSA) is 56.1 Å². The van der Waals surface area contributed by atoms with E-state index in [2.05, 4.69) is 29.5 Å². The first kappa shape index (κ1) is 19.5. The van der Waals surface area contributed by atoms with Crippen LogP contribution < -0.4 is 0 Å². The van der Waals surface area contributed by atoms with Crippen LogP contribution in [-0.2, 0) is 9.68 Å². The van der Waals surface area contributed by atoms with Gasteiger partial charge in [0.1, 0.15) is 18.5 Å². The summed E-state index contributed by atoms with van der Waals surface area (Å²) in [6, 6.07) is 9.93. The van der Waals surface area contributed by atoms with Crippen LogP contribution in [0.5, 0.6) is 0 Å². The van der Waals surface area contributed by atoms with Crippen molar-refractivity contribution in [1.29, 1.82) is 0 Å². The second-order valence-electron chi connectivity index (χ2n) is 6.71. The van der Waals surface area contributed by atoms with Crippen molar-refractivity contribution < 1.29 is 9.68 Å². The van der Waals surface area contributed by atoms with E-state index >= 15 is 0 Å². The molecule has 0 aliphatic carbocycles. The number of benzene rings is 1. The highest BCUT2D eigenvalue weighted by atomic mass is 32.1. The van der Waals surface area contributed by atoms with Crippen LogP contribution in [0.25, 0.3) is 0 Å². The van der Waals surface area contributed by atoms with Crippen molar-refractivity contribution >= 4 is 22.8 Å². The van der Waals surface area contributed by atoms with Crippen LogP contribution in [-0.4, -0.2) is 29.6 Å². The molecule has 1 aliphatic rings. The molecular formula is C21H27N3O2S. The zero-order valence-electron chi connectivity index (χ0n) is 16.2. The Morgan fingerprint density at radius 1 is 1.26 bits per heavy atom. The Morgan fingerprint density at radius 2 is 2.00 bits per heavy atom. The van der Waals surface area contributed by atoms with Gasteiger partial charge in [0.05, 0.1) is 10.7 Å². The zero-order valence-corrected chi connectivity index (χ0v) is 17.0. The van der Waals surface area contributed by atoms with Gasteiger partial charge in [-0.2, -0.15) is 0 Å². The van der Waals surface area contributed by atoms with Gasteiger partial charge in [0, 0.05) is 23.3 Å². The summed E-state index contributed by atoms with van der Waals surface area (Å²) in [7, 11) is 1.55. The molecule has 0 saturated carbocycles. The minimum Gasteiger partial charge on any atom is -0.399 e. The fourth-order valence-corrected chi connectivity index (χ4v) is 4.38.